The van der Waals surface area contributed by atoms with Crippen LogP contribution in [0.3, 0.4) is 0 Å². The molecule has 0 aliphatic rings. The van der Waals surface area contributed by atoms with Crippen molar-refractivity contribution in [1.82, 2.24) is 5.32 Å². The van der Waals surface area contributed by atoms with Crippen LogP contribution in [-0.2, 0) is 17.9 Å². The van der Waals surface area contributed by atoms with Gasteiger partial charge < -0.3 is 19.2 Å². The second kappa shape index (κ2) is 8.05. The summed E-state index contributed by atoms with van der Waals surface area (Å²) >= 11 is 0. The number of furan rings is 1. The molecule has 0 atom stereocenters. The minimum atomic E-state index is 0.549. The fourth-order valence-corrected chi connectivity index (χ4v) is 2.34. The Morgan fingerprint density at radius 3 is 2.76 bits per heavy atom. The second-order valence-corrected chi connectivity index (χ2v) is 5.09. The Labute approximate surface area is 126 Å². The Morgan fingerprint density at radius 2 is 2.05 bits per heavy atom. The molecule has 1 aromatic heterocycles. The number of ether oxygens (including phenoxy) is 2. The molecule has 21 heavy (non-hydrogen) atoms. The van der Waals surface area contributed by atoms with E-state index in [4.69, 9.17) is 13.9 Å². The molecule has 116 valence electrons. The van der Waals surface area contributed by atoms with E-state index < -0.39 is 0 Å². The van der Waals surface area contributed by atoms with E-state index in [0.29, 0.717) is 19.8 Å². The summed E-state index contributed by atoms with van der Waals surface area (Å²) in [7, 11) is 1.71. The summed E-state index contributed by atoms with van der Waals surface area (Å²) in [5.41, 5.74) is 1.93. The molecule has 0 unspecified atom stereocenters. The third-order valence-electron chi connectivity index (χ3n) is 3.33. The molecule has 0 aliphatic heterocycles. The van der Waals surface area contributed by atoms with Crippen molar-refractivity contribution in [3.05, 3.63) is 29.5 Å². The Bertz CT molecular complexity index is 562. The minimum absolute atomic E-state index is 0.549. The van der Waals surface area contributed by atoms with E-state index in [0.717, 1.165) is 47.4 Å². The average Bonchev–Trinajstić information content (AvgIpc) is 2.85. The predicted octanol–water partition coefficient (Wildman–Crippen LogP) is 3.87. The standard InChI is InChI=1S/C17H25NO3/c1-4-9-18-11-16-14(12-19-3)13-7-6-8-15(17(13)21-16)20-10-5-2/h6-8,18H,4-5,9-12H2,1-3H3. The molecule has 2 rings (SSSR count). The molecule has 4 nitrogen and oxygen atoms in total. The van der Waals surface area contributed by atoms with Crippen molar-refractivity contribution in [2.45, 2.75) is 39.8 Å². The minimum Gasteiger partial charge on any atom is -0.490 e. The molecule has 0 saturated heterocycles. The van der Waals surface area contributed by atoms with E-state index >= 15 is 0 Å². The van der Waals surface area contributed by atoms with Gasteiger partial charge in [0.15, 0.2) is 11.3 Å². The van der Waals surface area contributed by atoms with Crippen molar-refractivity contribution >= 4 is 11.0 Å². The molecule has 0 radical (unpaired) electrons. The van der Waals surface area contributed by atoms with Crippen molar-refractivity contribution < 1.29 is 13.9 Å². The van der Waals surface area contributed by atoms with Crippen LogP contribution >= 0.6 is 0 Å². The summed E-state index contributed by atoms with van der Waals surface area (Å²) in [5.74, 6) is 1.75. The Kier molecular flexibility index (Phi) is 6.08. The molecule has 2 aromatic rings. The summed E-state index contributed by atoms with van der Waals surface area (Å²) < 4.78 is 17.2. The van der Waals surface area contributed by atoms with E-state index in [1.54, 1.807) is 7.11 Å². The molecule has 0 saturated carbocycles. The van der Waals surface area contributed by atoms with E-state index in [2.05, 4.69) is 25.2 Å². The molecule has 0 spiro atoms. The molecule has 0 aliphatic carbocycles. The molecule has 0 fully saturated rings. The van der Waals surface area contributed by atoms with Crippen LogP contribution in [0.5, 0.6) is 5.75 Å². The van der Waals surface area contributed by atoms with Crippen LogP contribution in [0.1, 0.15) is 38.0 Å². The van der Waals surface area contributed by atoms with Gasteiger partial charge in [0, 0.05) is 18.1 Å². The van der Waals surface area contributed by atoms with Crippen LogP contribution < -0.4 is 10.1 Å². The van der Waals surface area contributed by atoms with Gasteiger partial charge in [-0.3, -0.25) is 0 Å². The van der Waals surface area contributed by atoms with Crippen LogP contribution in [0.25, 0.3) is 11.0 Å². The summed E-state index contributed by atoms with van der Waals surface area (Å²) in [5, 5.41) is 4.47. The maximum atomic E-state index is 6.06. The molecule has 1 N–H and O–H groups in total. The third kappa shape index (κ3) is 3.77. The largest absolute Gasteiger partial charge is 0.490 e. The maximum Gasteiger partial charge on any atom is 0.176 e. The Morgan fingerprint density at radius 1 is 1.19 bits per heavy atom. The number of fused-ring (bicyclic) bond motifs is 1. The fraction of sp³-hybridized carbons (Fsp3) is 0.529. The summed E-state index contributed by atoms with van der Waals surface area (Å²) in [4.78, 5) is 0. The predicted molar refractivity (Wildman–Crippen MR) is 84.7 cm³/mol. The second-order valence-electron chi connectivity index (χ2n) is 5.09. The zero-order valence-corrected chi connectivity index (χ0v) is 13.2. The summed E-state index contributed by atoms with van der Waals surface area (Å²) in [6, 6.07) is 6.03. The highest BCUT2D eigenvalue weighted by atomic mass is 16.5. The fourth-order valence-electron chi connectivity index (χ4n) is 2.34. The van der Waals surface area contributed by atoms with E-state index in [1.807, 2.05) is 12.1 Å². The van der Waals surface area contributed by atoms with Crippen LogP contribution in [0.2, 0.25) is 0 Å². The zero-order chi connectivity index (χ0) is 15.1. The first kappa shape index (κ1) is 15.9. The van der Waals surface area contributed by atoms with Crippen LogP contribution in [0.4, 0.5) is 0 Å². The first-order valence-electron chi connectivity index (χ1n) is 7.67. The lowest BCUT2D eigenvalue weighted by Crippen LogP contribution is -2.14. The highest BCUT2D eigenvalue weighted by molar-refractivity contribution is 5.87. The quantitative estimate of drug-likeness (QED) is 0.712. The van der Waals surface area contributed by atoms with Gasteiger partial charge in [-0.15, -0.1) is 0 Å². The highest BCUT2D eigenvalue weighted by Gasteiger charge is 2.16. The van der Waals surface area contributed by atoms with Crippen LogP contribution in [0, 0.1) is 0 Å². The number of methoxy groups -OCH3 is 1. The highest BCUT2D eigenvalue weighted by Crippen LogP contribution is 2.33. The van der Waals surface area contributed by atoms with Gasteiger partial charge >= 0.3 is 0 Å². The molecule has 1 aromatic carbocycles. The van der Waals surface area contributed by atoms with Gasteiger partial charge in [-0.05, 0) is 25.5 Å². The third-order valence-corrected chi connectivity index (χ3v) is 3.33. The monoisotopic (exact) mass is 291 g/mol. The summed E-state index contributed by atoms with van der Waals surface area (Å²) in [6.45, 7) is 7.18. The molecule has 4 heteroatoms. The van der Waals surface area contributed by atoms with Gasteiger partial charge in [0.25, 0.3) is 0 Å². The lowest BCUT2D eigenvalue weighted by molar-refractivity contribution is 0.183. The number of benzene rings is 1. The lowest BCUT2D eigenvalue weighted by atomic mass is 10.1. The van der Waals surface area contributed by atoms with Gasteiger partial charge in [0.1, 0.15) is 5.76 Å². The number of nitrogens with one attached hydrogen (secondary N) is 1. The summed E-state index contributed by atoms with van der Waals surface area (Å²) in [6.07, 6.45) is 2.08. The molecule has 0 bridgehead atoms. The van der Waals surface area contributed by atoms with Crippen molar-refractivity contribution in [3.8, 4) is 5.75 Å². The van der Waals surface area contributed by atoms with Gasteiger partial charge in [-0.25, -0.2) is 0 Å². The average molecular weight is 291 g/mol. The first-order chi connectivity index (χ1) is 10.3. The molecule has 0 amide bonds. The van der Waals surface area contributed by atoms with E-state index in [-0.39, 0.29) is 0 Å². The number of hydrogen-bond donors (Lipinski definition) is 1. The van der Waals surface area contributed by atoms with Crippen LogP contribution in [-0.4, -0.2) is 20.3 Å². The molecular weight excluding hydrogens is 266 g/mol. The van der Waals surface area contributed by atoms with Crippen molar-refractivity contribution in [1.29, 1.82) is 0 Å². The normalized spacial score (nSPS) is 11.2. The number of rotatable bonds is 9. The lowest BCUT2D eigenvalue weighted by Gasteiger charge is -2.04. The molecule has 1 heterocycles. The van der Waals surface area contributed by atoms with Crippen molar-refractivity contribution in [2.24, 2.45) is 0 Å². The first-order valence-corrected chi connectivity index (χ1v) is 7.67. The van der Waals surface area contributed by atoms with Crippen molar-refractivity contribution in [2.75, 3.05) is 20.3 Å². The van der Waals surface area contributed by atoms with Gasteiger partial charge in [-0.1, -0.05) is 26.0 Å². The smallest absolute Gasteiger partial charge is 0.176 e. The van der Waals surface area contributed by atoms with E-state index in [9.17, 15) is 0 Å². The number of para-hydroxylation sites is 1. The van der Waals surface area contributed by atoms with Gasteiger partial charge in [0.2, 0.25) is 0 Å². The van der Waals surface area contributed by atoms with Gasteiger partial charge in [-0.2, -0.15) is 0 Å². The zero-order valence-electron chi connectivity index (χ0n) is 13.2. The SMILES string of the molecule is CCCNCc1oc2c(OCCC)cccc2c1COC. The van der Waals surface area contributed by atoms with E-state index in [1.165, 1.54) is 0 Å². The number of hydrogen-bond acceptors (Lipinski definition) is 4. The Hall–Kier alpha value is -1.52. The molecular formula is C17H25NO3. The van der Waals surface area contributed by atoms with Gasteiger partial charge in [0.05, 0.1) is 19.8 Å². The maximum absolute atomic E-state index is 6.06. The Balaban J connectivity index is 2.35. The van der Waals surface area contributed by atoms with Crippen molar-refractivity contribution in [3.63, 3.8) is 0 Å². The van der Waals surface area contributed by atoms with Crippen LogP contribution in [0.15, 0.2) is 22.6 Å². The topological polar surface area (TPSA) is 43.6 Å².